The van der Waals surface area contributed by atoms with Crippen LogP contribution in [0.15, 0.2) is 16.7 Å². The minimum Gasteiger partial charge on any atom is -0.452 e. The van der Waals surface area contributed by atoms with Gasteiger partial charge in [0.1, 0.15) is 0 Å². The van der Waals surface area contributed by atoms with Crippen LogP contribution in [0.5, 0.6) is 0 Å². The highest BCUT2D eigenvalue weighted by Crippen LogP contribution is 2.23. The van der Waals surface area contributed by atoms with Crippen molar-refractivity contribution in [3.05, 3.63) is 23.1 Å². The number of hydrogen-bond donors (Lipinski definition) is 2. The van der Waals surface area contributed by atoms with Crippen LogP contribution >= 0.6 is 11.6 Å². The van der Waals surface area contributed by atoms with Gasteiger partial charge in [0.15, 0.2) is 0 Å². The summed E-state index contributed by atoms with van der Waals surface area (Å²) in [6, 6.07) is 1.55. The summed E-state index contributed by atoms with van der Waals surface area (Å²) in [4.78, 5) is 11.7. The first-order valence-electron chi connectivity index (χ1n) is 5.86. The van der Waals surface area contributed by atoms with Crippen molar-refractivity contribution in [2.24, 2.45) is 5.92 Å². The molecule has 1 aliphatic rings. The lowest BCUT2D eigenvalue weighted by Crippen LogP contribution is -2.32. The number of rotatable bonds is 3. The average Bonchev–Trinajstić information content (AvgIpc) is 2.72. The van der Waals surface area contributed by atoms with Crippen LogP contribution in [-0.4, -0.2) is 23.7 Å². The van der Waals surface area contributed by atoms with E-state index in [-0.39, 0.29) is 17.2 Å². The molecule has 1 aliphatic carbocycles. The number of halogens is 1. The van der Waals surface area contributed by atoms with Crippen LogP contribution in [0.25, 0.3) is 0 Å². The number of hydrogen-bond acceptors (Lipinski definition) is 3. The van der Waals surface area contributed by atoms with Gasteiger partial charge in [-0.25, -0.2) is 0 Å². The van der Waals surface area contributed by atoms with Gasteiger partial charge in [0.05, 0.1) is 17.9 Å². The molecule has 2 atom stereocenters. The molecule has 1 fully saturated rings. The summed E-state index contributed by atoms with van der Waals surface area (Å²) in [7, 11) is 0. The molecular formula is C12H16ClNO3. The Bertz CT molecular complexity index is 391. The molecule has 0 bridgehead atoms. The van der Waals surface area contributed by atoms with E-state index in [1.165, 1.54) is 6.26 Å². The molecule has 0 radical (unpaired) electrons. The van der Waals surface area contributed by atoms with Gasteiger partial charge in [0.2, 0.25) is 5.22 Å². The van der Waals surface area contributed by atoms with Gasteiger partial charge in [-0.15, -0.1) is 0 Å². The summed E-state index contributed by atoms with van der Waals surface area (Å²) < 4.78 is 4.86. The molecule has 5 heteroatoms. The predicted molar refractivity (Wildman–Crippen MR) is 64.0 cm³/mol. The minimum atomic E-state index is -0.219. The number of nitrogens with one attached hydrogen (secondary N) is 1. The molecule has 0 saturated heterocycles. The minimum absolute atomic E-state index is 0.117. The summed E-state index contributed by atoms with van der Waals surface area (Å²) in [6.07, 6.45) is 4.88. The number of aliphatic hydroxyl groups is 1. The Morgan fingerprint density at radius 3 is 3.06 bits per heavy atom. The topological polar surface area (TPSA) is 62.5 Å². The SMILES string of the molecule is O=C(NCC1CCCC(O)C1)c1ccoc1Cl. The number of carbonyl (C=O) groups is 1. The molecule has 1 saturated carbocycles. The number of aliphatic hydroxyl groups excluding tert-OH is 1. The monoisotopic (exact) mass is 257 g/mol. The molecule has 0 aromatic carbocycles. The molecule has 4 nitrogen and oxygen atoms in total. The molecule has 17 heavy (non-hydrogen) atoms. The van der Waals surface area contributed by atoms with Gasteiger partial charge in [0, 0.05) is 6.54 Å². The smallest absolute Gasteiger partial charge is 0.256 e. The van der Waals surface area contributed by atoms with E-state index in [4.69, 9.17) is 16.0 Å². The van der Waals surface area contributed by atoms with Gasteiger partial charge in [-0.05, 0) is 42.8 Å². The summed E-state index contributed by atoms with van der Waals surface area (Å²) in [6.45, 7) is 0.581. The van der Waals surface area contributed by atoms with E-state index in [2.05, 4.69) is 5.32 Å². The summed E-state index contributed by atoms with van der Waals surface area (Å²) >= 11 is 5.71. The average molecular weight is 258 g/mol. The molecule has 2 N–H and O–H groups in total. The Kier molecular flexibility index (Phi) is 4.07. The maximum Gasteiger partial charge on any atom is 0.256 e. The number of amides is 1. The lowest BCUT2D eigenvalue weighted by Gasteiger charge is -2.25. The second-order valence-electron chi connectivity index (χ2n) is 4.50. The second kappa shape index (κ2) is 5.56. The van der Waals surface area contributed by atoms with Crippen molar-refractivity contribution in [1.29, 1.82) is 0 Å². The molecule has 1 aromatic rings. The Labute approximate surface area is 105 Å². The quantitative estimate of drug-likeness (QED) is 0.873. The molecular weight excluding hydrogens is 242 g/mol. The summed E-state index contributed by atoms with van der Waals surface area (Å²) in [5, 5.41) is 12.5. The van der Waals surface area contributed by atoms with Crippen LogP contribution in [0.4, 0.5) is 0 Å². The number of carbonyl (C=O) groups excluding carboxylic acids is 1. The van der Waals surface area contributed by atoms with Gasteiger partial charge in [0.25, 0.3) is 5.91 Å². The van der Waals surface area contributed by atoms with E-state index in [1.807, 2.05) is 0 Å². The Morgan fingerprint density at radius 2 is 2.41 bits per heavy atom. The molecule has 94 valence electrons. The van der Waals surface area contributed by atoms with E-state index >= 15 is 0 Å². The Morgan fingerprint density at radius 1 is 1.59 bits per heavy atom. The third-order valence-electron chi connectivity index (χ3n) is 3.17. The van der Waals surface area contributed by atoms with E-state index in [0.29, 0.717) is 18.0 Å². The molecule has 1 amide bonds. The van der Waals surface area contributed by atoms with Crippen molar-refractivity contribution in [3.63, 3.8) is 0 Å². The lowest BCUT2D eigenvalue weighted by atomic mass is 9.87. The number of furan rings is 1. The summed E-state index contributed by atoms with van der Waals surface area (Å²) in [5.41, 5.74) is 0.364. The fourth-order valence-corrected chi connectivity index (χ4v) is 2.44. The van der Waals surface area contributed by atoms with Crippen LogP contribution in [-0.2, 0) is 0 Å². The third-order valence-corrected chi connectivity index (χ3v) is 3.46. The molecule has 1 heterocycles. The highest BCUT2D eigenvalue weighted by Gasteiger charge is 2.21. The first kappa shape index (κ1) is 12.5. The second-order valence-corrected chi connectivity index (χ2v) is 4.85. The van der Waals surface area contributed by atoms with Crippen LogP contribution < -0.4 is 5.32 Å². The first-order valence-corrected chi connectivity index (χ1v) is 6.24. The third kappa shape index (κ3) is 3.23. The maximum absolute atomic E-state index is 11.7. The Balaban J connectivity index is 1.82. The maximum atomic E-state index is 11.7. The van der Waals surface area contributed by atoms with Crippen molar-refractivity contribution in [2.45, 2.75) is 31.8 Å². The van der Waals surface area contributed by atoms with Crippen LogP contribution in [0, 0.1) is 5.92 Å². The first-order chi connectivity index (χ1) is 8.16. The Hall–Kier alpha value is -1.00. The van der Waals surface area contributed by atoms with Crippen molar-refractivity contribution >= 4 is 17.5 Å². The van der Waals surface area contributed by atoms with E-state index < -0.39 is 0 Å². The van der Waals surface area contributed by atoms with E-state index in [9.17, 15) is 9.90 Å². The van der Waals surface area contributed by atoms with Crippen LogP contribution in [0.1, 0.15) is 36.0 Å². The van der Waals surface area contributed by atoms with Gasteiger partial charge in [-0.1, -0.05) is 6.42 Å². The zero-order chi connectivity index (χ0) is 12.3. The van der Waals surface area contributed by atoms with Gasteiger partial charge in [-0.3, -0.25) is 4.79 Å². The van der Waals surface area contributed by atoms with E-state index in [0.717, 1.165) is 25.7 Å². The molecule has 2 rings (SSSR count). The fraction of sp³-hybridized carbons (Fsp3) is 0.583. The standard InChI is InChI=1S/C12H16ClNO3/c13-11-10(4-5-17-11)12(16)14-7-8-2-1-3-9(15)6-8/h4-5,8-9,15H,1-3,6-7H2,(H,14,16). The predicted octanol–water partition coefficient (Wildman–Crippen LogP) is 2.21. The highest BCUT2D eigenvalue weighted by atomic mass is 35.5. The van der Waals surface area contributed by atoms with Gasteiger partial charge < -0.3 is 14.8 Å². The molecule has 2 unspecified atom stereocenters. The zero-order valence-corrected chi connectivity index (χ0v) is 10.2. The zero-order valence-electron chi connectivity index (χ0n) is 9.49. The van der Waals surface area contributed by atoms with Crippen LogP contribution in [0.2, 0.25) is 5.22 Å². The van der Waals surface area contributed by atoms with Crippen molar-refractivity contribution in [3.8, 4) is 0 Å². The fourth-order valence-electron chi connectivity index (χ4n) is 2.24. The van der Waals surface area contributed by atoms with Gasteiger partial charge >= 0.3 is 0 Å². The van der Waals surface area contributed by atoms with E-state index in [1.54, 1.807) is 6.07 Å². The normalized spacial score (nSPS) is 24.6. The lowest BCUT2D eigenvalue weighted by molar-refractivity contribution is 0.0873. The van der Waals surface area contributed by atoms with Crippen molar-refractivity contribution in [1.82, 2.24) is 5.32 Å². The molecule has 0 aliphatic heterocycles. The largest absolute Gasteiger partial charge is 0.452 e. The van der Waals surface area contributed by atoms with Crippen LogP contribution in [0.3, 0.4) is 0 Å². The molecule has 1 aromatic heterocycles. The molecule has 0 spiro atoms. The summed E-state index contributed by atoms with van der Waals surface area (Å²) in [5.74, 6) is 0.136. The van der Waals surface area contributed by atoms with Crippen molar-refractivity contribution in [2.75, 3.05) is 6.54 Å². The highest BCUT2D eigenvalue weighted by molar-refractivity contribution is 6.32. The van der Waals surface area contributed by atoms with Gasteiger partial charge in [-0.2, -0.15) is 0 Å². The van der Waals surface area contributed by atoms with Crippen molar-refractivity contribution < 1.29 is 14.3 Å².